The van der Waals surface area contributed by atoms with Crippen molar-refractivity contribution in [2.45, 2.75) is 140 Å². The van der Waals surface area contributed by atoms with Gasteiger partial charge in [0, 0.05) is 118 Å². The Hall–Kier alpha value is -12.4. The normalized spacial score (nSPS) is 13.7. The van der Waals surface area contributed by atoms with Gasteiger partial charge in [-0.05, 0) is 148 Å². The predicted octanol–water partition coefficient (Wildman–Crippen LogP) is 14.8. The second kappa shape index (κ2) is 36.9. The van der Waals surface area contributed by atoms with Gasteiger partial charge in [0.05, 0.1) is 49.0 Å². The third kappa shape index (κ3) is 20.4. The maximum atomic E-state index is 13.3. The van der Waals surface area contributed by atoms with E-state index in [1.165, 1.54) is 12.1 Å². The topological polar surface area (TPSA) is 207 Å². The number of carbonyl (C=O) groups excluding carboxylic acids is 4. The lowest BCUT2D eigenvalue weighted by Crippen LogP contribution is -2.32. The molecule has 0 N–H and O–H groups in total. The molecule has 0 bridgehead atoms. The van der Waals surface area contributed by atoms with E-state index in [9.17, 15) is 23.6 Å². The minimum atomic E-state index is -0.285. The monoisotopic (exact) mass is 1480 g/mol. The maximum Gasteiger partial charge on any atom is 0.270 e. The van der Waals surface area contributed by atoms with Crippen LogP contribution in [-0.2, 0) is 85.8 Å². The number of rotatable bonds is 16. The van der Waals surface area contributed by atoms with Gasteiger partial charge in [-0.25, -0.2) is 4.39 Å². The number of hydrogen-bond donors (Lipinski definition) is 0. The molecule has 23 heteroatoms. The van der Waals surface area contributed by atoms with E-state index in [2.05, 4.69) is 25.4 Å². The van der Waals surface area contributed by atoms with Gasteiger partial charge in [-0.1, -0.05) is 133 Å². The summed E-state index contributed by atoms with van der Waals surface area (Å²) in [4.78, 5) is 63.1. The highest BCUT2D eigenvalue weighted by molar-refractivity contribution is 5.96. The highest BCUT2D eigenvalue weighted by Gasteiger charge is 2.28. The molecular weight excluding hydrogens is 1390 g/mol. The van der Waals surface area contributed by atoms with Gasteiger partial charge in [0.25, 0.3) is 23.6 Å². The SMILES string of the molecule is C.Cc1ccc(C(=O)N2CCCn3nc(OCc4cccc(F)c4)cc3C2)cc1.Cc1ccc(C(=O)N2CCCn3nc(OCc4ccccc4)cc3C2)cc1.Cc1ccc(C(=O)N2CCCn3nc(OCc4ccccc4)cc3C2)n1C.Cc1ccc(C(=O)N2CCCn3nc(OCc4ccncc4)cc3C2)cc1. The molecule has 0 atom stereocenters. The maximum absolute atomic E-state index is 13.3. The first-order valence-electron chi connectivity index (χ1n) is 37.1. The number of amides is 4. The zero-order chi connectivity index (χ0) is 75.6. The van der Waals surface area contributed by atoms with Crippen LogP contribution in [0.4, 0.5) is 4.39 Å². The van der Waals surface area contributed by atoms with E-state index < -0.39 is 0 Å². The standard InChI is InChI=1S/C22H22FN3O2.C22H23N3O2.C21H22N4O2.C21H24N4O2.CH4/c1-16-6-8-18(9-7-16)22(27)25-10-3-11-26-20(14-25)13-21(24-26)28-15-17-4-2-5-19(23)12-17;1-17-8-10-19(11-9-17)22(26)24-12-5-13-25-20(15-24)14-21(23-25)27-16-18-6-3-2-4-7-18;1-16-3-5-18(6-4-16)21(26)24-11-2-12-25-19(14-24)13-20(23-25)27-15-17-7-9-22-10-8-17;1-16-9-10-19(23(16)2)21(26)24-11-6-12-25-18(14-24)13-20(22-25)27-15-17-7-4-3-5-8-17;/h2,4-9,12-13H,3,10-11,14-15H2,1H3;2-4,6-11,14H,5,12-13,15-16H2,1H3;3-10,13H,2,11-12,14-15H2,1H3;3-5,7-10,13H,6,11-12,14-15H2,1-2H3;1H4. The molecule has 4 aliphatic heterocycles. The van der Waals surface area contributed by atoms with Crippen LogP contribution in [-0.4, -0.2) is 118 Å². The number of hydrogen-bond acceptors (Lipinski definition) is 13. The molecular formula is C87H95FN14O8. The molecule has 4 amide bonds. The van der Waals surface area contributed by atoms with Crippen molar-refractivity contribution in [1.82, 2.24) is 68.3 Å². The molecule has 0 radical (unpaired) electrons. The summed E-state index contributed by atoms with van der Waals surface area (Å²) in [6.45, 7) is 17.8. The van der Waals surface area contributed by atoms with Crippen molar-refractivity contribution in [2.75, 3.05) is 26.2 Å². The van der Waals surface area contributed by atoms with Crippen molar-refractivity contribution in [3.63, 3.8) is 0 Å². The van der Waals surface area contributed by atoms with E-state index in [0.717, 1.165) is 156 Å². The van der Waals surface area contributed by atoms with Crippen LogP contribution in [0.15, 0.2) is 219 Å². The van der Waals surface area contributed by atoms with Gasteiger partial charge in [0.2, 0.25) is 23.5 Å². The second-order valence-electron chi connectivity index (χ2n) is 27.7. The van der Waals surface area contributed by atoms with Gasteiger partial charge >= 0.3 is 0 Å². The van der Waals surface area contributed by atoms with Crippen molar-refractivity contribution < 1.29 is 42.5 Å². The number of carbonyl (C=O) groups is 4. The zero-order valence-electron chi connectivity index (χ0n) is 62.3. The highest BCUT2D eigenvalue weighted by Crippen LogP contribution is 2.27. The van der Waals surface area contributed by atoms with E-state index in [1.54, 1.807) is 18.5 Å². The van der Waals surface area contributed by atoms with E-state index in [4.69, 9.17) is 18.9 Å². The Morgan fingerprint density at radius 2 is 0.673 bits per heavy atom. The number of aromatic nitrogens is 10. The first-order valence-corrected chi connectivity index (χ1v) is 37.1. The summed E-state index contributed by atoms with van der Waals surface area (Å²) in [5.41, 5.74) is 15.4. The van der Waals surface area contributed by atoms with Crippen LogP contribution in [0.1, 0.15) is 142 Å². The van der Waals surface area contributed by atoms with Gasteiger partial charge in [0.1, 0.15) is 37.9 Å². The van der Waals surface area contributed by atoms with Crippen LogP contribution in [0.25, 0.3) is 0 Å². The Labute approximate surface area is 641 Å². The fraction of sp³-hybridized carbons (Fsp3) is 0.299. The molecule has 10 heterocycles. The Bertz CT molecular complexity index is 4860. The lowest BCUT2D eigenvalue weighted by molar-refractivity contribution is 0.0730. The second-order valence-corrected chi connectivity index (χ2v) is 27.7. The molecule has 0 saturated carbocycles. The summed E-state index contributed by atoms with van der Waals surface area (Å²) in [5.74, 6) is 2.22. The molecule has 6 aromatic heterocycles. The number of pyridine rings is 1. The third-order valence-corrected chi connectivity index (χ3v) is 19.5. The van der Waals surface area contributed by atoms with E-state index in [0.29, 0.717) is 81.6 Å². The van der Waals surface area contributed by atoms with E-state index in [1.807, 2.05) is 266 Å². The van der Waals surface area contributed by atoms with Gasteiger partial charge < -0.3 is 43.1 Å². The van der Waals surface area contributed by atoms with Crippen molar-refractivity contribution in [3.05, 3.63) is 314 Å². The summed E-state index contributed by atoms with van der Waals surface area (Å²) in [5, 5.41) is 18.2. The number of fused-ring (bicyclic) bond motifs is 4. The van der Waals surface area contributed by atoms with Crippen LogP contribution in [0, 0.1) is 33.5 Å². The summed E-state index contributed by atoms with van der Waals surface area (Å²) in [6.07, 6.45) is 6.95. The fourth-order valence-electron chi connectivity index (χ4n) is 13.2. The first-order chi connectivity index (χ1) is 53.1. The third-order valence-electron chi connectivity index (χ3n) is 19.5. The summed E-state index contributed by atoms with van der Waals surface area (Å²) < 4.78 is 46.2. The molecule has 4 aliphatic rings. The molecule has 568 valence electrons. The minimum Gasteiger partial charge on any atom is -0.472 e. The summed E-state index contributed by atoms with van der Waals surface area (Å²) in [6, 6.07) is 64.9. The molecule has 12 aromatic rings. The zero-order valence-corrected chi connectivity index (χ0v) is 62.3. The van der Waals surface area contributed by atoms with Crippen LogP contribution < -0.4 is 18.9 Å². The van der Waals surface area contributed by atoms with E-state index >= 15 is 0 Å². The lowest BCUT2D eigenvalue weighted by Gasteiger charge is -2.20. The van der Waals surface area contributed by atoms with Gasteiger partial charge in [0.15, 0.2) is 0 Å². The van der Waals surface area contributed by atoms with Gasteiger partial charge in [-0.15, -0.1) is 20.4 Å². The number of aryl methyl sites for hydroxylation is 8. The molecule has 0 saturated heterocycles. The van der Waals surface area contributed by atoms with Gasteiger partial charge in [-0.3, -0.25) is 42.9 Å². The van der Waals surface area contributed by atoms with Crippen molar-refractivity contribution in [1.29, 1.82) is 0 Å². The Morgan fingerprint density at radius 3 is 1.00 bits per heavy atom. The number of ether oxygens (including phenoxy) is 4. The summed E-state index contributed by atoms with van der Waals surface area (Å²) >= 11 is 0. The molecule has 0 fully saturated rings. The average molecular weight is 1480 g/mol. The Kier molecular flexibility index (Phi) is 25.9. The van der Waals surface area contributed by atoms with Crippen molar-refractivity contribution in [3.8, 4) is 23.5 Å². The van der Waals surface area contributed by atoms with Gasteiger partial charge in [-0.2, -0.15) is 0 Å². The number of halogens is 1. The summed E-state index contributed by atoms with van der Waals surface area (Å²) in [7, 11) is 1.93. The smallest absolute Gasteiger partial charge is 0.270 e. The molecule has 0 spiro atoms. The molecule has 0 aliphatic carbocycles. The molecule has 22 nitrogen and oxygen atoms in total. The number of benzene rings is 6. The average Bonchev–Trinajstić information content (AvgIpc) is 1.72. The Morgan fingerprint density at radius 1 is 0.355 bits per heavy atom. The van der Waals surface area contributed by atoms with Crippen LogP contribution in [0.3, 0.4) is 0 Å². The quantitative estimate of drug-likeness (QED) is 0.0883. The minimum absolute atomic E-state index is 0. The van der Waals surface area contributed by atoms with Crippen LogP contribution >= 0.6 is 0 Å². The first kappa shape index (κ1) is 77.2. The van der Waals surface area contributed by atoms with Crippen molar-refractivity contribution >= 4 is 23.6 Å². The lowest BCUT2D eigenvalue weighted by atomic mass is 10.1. The predicted molar refractivity (Wildman–Crippen MR) is 418 cm³/mol. The molecule has 110 heavy (non-hydrogen) atoms. The molecule has 0 unspecified atom stereocenters. The fourth-order valence-corrected chi connectivity index (χ4v) is 13.2. The van der Waals surface area contributed by atoms with Crippen LogP contribution in [0.5, 0.6) is 23.5 Å². The largest absolute Gasteiger partial charge is 0.472 e. The number of nitrogens with zero attached hydrogens (tertiary/aromatic N) is 14. The highest BCUT2D eigenvalue weighted by atomic mass is 19.1. The Balaban J connectivity index is 0.000000136. The van der Waals surface area contributed by atoms with Crippen molar-refractivity contribution in [2.24, 2.45) is 7.05 Å². The molecule has 16 rings (SSSR count). The van der Waals surface area contributed by atoms with Crippen LogP contribution in [0.2, 0.25) is 0 Å². The molecule has 6 aromatic carbocycles. The van der Waals surface area contributed by atoms with E-state index in [-0.39, 0.29) is 43.5 Å².